The highest BCUT2D eigenvalue weighted by atomic mass is 32.1. The van der Waals surface area contributed by atoms with E-state index in [1.54, 1.807) is 24.5 Å². The van der Waals surface area contributed by atoms with Crippen LogP contribution in [-0.2, 0) is 0 Å². The van der Waals surface area contributed by atoms with Gasteiger partial charge in [-0.15, -0.1) is 5.10 Å². The van der Waals surface area contributed by atoms with Gasteiger partial charge in [-0.1, -0.05) is 4.49 Å². The largest absolute Gasteiger partial charge is 0.473 e. The molecule has 2 aromatic heterocycles. The molecule has 0 spiro atoms. The van der Waals surface area contributed by atoms with Gasteiger partial charge in [0.2, 0.25) is 0 Å². The summed E-state index contributed by atoms with van der Waals surface area (Å²) in [6.07, 6.45) is 0.856. The van der Waals surface area contributed by atoms with Crippen LogP contribution >= 0.6 is 11.5 Å². The fraction of sp³-hybridized carbons (Fsp3) is 0.250. The standard InChI is InChI=1S/C6H7F2NO.C2H2N2S/c7-5(8)4-10-6-2-1-3-9-6;1-2-5-4-3-1/h1-3,5,9H,4H2;1-2H. The van der Waals surface area contributed by atoms with Crippen molar-refractivity contribution >= 4 is 11.5 Å². The Kier molecular flexibility index (Phi) is 5.31. The van der Waals surface area contributed by atoms with Crippen molar-refractivity contribution in [3.05, 3.63) is 29.9 Å². The van der Waals surface area contributed by atoms with Gasteiger partial charge in [-0.25, -0.2) is 8.78 Å². The predicted octanol–water partition coefficient (Wildman–Crippen LogP) is 2.20. The molecule has 0 saturated carbocycles. The van der Waals surface area contributed by atoms with Crippen molar-refractivity contribution in [1.29, 1.82) is 0 Å². The molecule has 0 bridgehead atoms. The summed E-state index contributed by atoms with van der Waals surface area (Å²) in [5.74, 6) is 0.375. The molecule has 2 rings (SSSR count). The normalized spacial score (nSPS) is 9.53. The molecule has 0 aromatic carbocycles. The number of hydrogen-bond acceptors (Lipinski definition) is 4. The Morgan fingerprint density at radius 2 is 2.40 bits per heavy atom. The molecule has 0 atom stereocenters. The average Bonchev–Trinajstić information content (AvgIpc) is 2.91. The van der Waals surface area contributed by atoms with Gasteiger partial charge in [0.15, 0.2) is 12.5 Å². The van der Waals surface area contributed by atoms with Crippen LogP contribution < -0.4 is 4.74 Å². The van der Waals surface area contributed by atoms with Crippen LogP contribution in [-0.4, -0.2) is 27.6 Å². The lowest BCUT2D eigenvalue weighted by Crippen LogP contribution is -2.06. The van der Waals surface area contributed by atoms with E-state index >= 15 is 0 Å². The second-order valence-electron chi connectivity index (χ2n) is 2.32. The molecule has 0 amide bonds. The van der Waals surface area contributed by atoms with Crippen LogP contribution in [0.4, 0.5) is 8.78 Å². The molecule has 0 aliphatic heterocycles. The molecule has 2 heterocycles. The van der Waals surface area contributed by atoms with Crippen LogP contribution in [0.25, 0.3) is 0 Å². The van der Waals surface area contributed by atoms with Crippen molar-refractivity contribution in [2.45, 2.75) is 6.43 Å². The van der Waals surface area contributed by atoms with E-state index in [2.05, 4.69) is 19.3 Å². The van der Waals surface area contributed by atoms with Crippen LogP contribution in [0.2, 0.25) is 0 Å². The molecular weight excluding hydrogens is 224 g/mol. The highest BCUT2D eigenvalue weighted by molar-refractivity contribution is 7.03. The van der Waals surface area contributed by atoms with Gasteiger partial charge in [0, 0.05) is 11.6 Å². The second-order valence-corrected chi connectivity index (χ2v) is 2.97. The van der Waals surface area contributed by atoms with Crippen LogP contribution in [0.15, 0.2) is 29.9 Å². The number of aromatic amines is 1. The van der Waals surface area contributed by atoms with Crippen molar-refractivity contribution < 1.29 is 13.5 Å². The molecule has 82 valence electrons. The van der Waals surface area contributed by atoms with E-state index in [0.717, 1.165) is 0 Å². The van der Waals surface area contributed by atoms with E-state index in [1.165, 1.54) is 11.5 Å². The maximum Gasteiger partial charge on any atom is 0.272 e. The summed E-state index contributed by atoms with van der Waals surface area (Å²) in [6.45, 7) is -0.555. The minimum atomic E-state index is -2.41. The molecule has 0 unspecified atom stereocenters. The number of nitrogens with one attached hydrogen (secondary N) is 1. The molecule has 0 fully saturated rings. The Morgan fingerprint density at radius 3 is 2.80 bits per heavy atom. The topological polar surface area (TPSA) is 50.8 Å². The SMILES string of the molecule is FC(F)COc1ccc[nH]1.c1csnn1. The molecule has 1 N–H and O–H groups in total. The summed E-state index contributed by atoms with van der Waals surface area (Å²) >= 11 is 1.35. The van der Waals surface area contributed by atoms with Crippen molar-refractivity contribution in [3.63, 3.8) is 0 Å². The van der Waals surface area contributed by atoms with Gasteiger partial charge >= 0.3 is 0 Å². The molecule has 0 aliphatic carbocycles. The van der Waals surface area contributed by atoms with Gasteiger partial charge in [-0.2, -0.15) is 0 Å². The average molecular weight is 233 g/mol. The maximum atomic E-state index is 11.5. The van der Waals surface area contributed by atoms with Gasteiger partial charge in [0.1, 0.15) is 0 Å². The molecule has 2 aromatic rings. The highest BCUT2D eigenvalue weighted by Crippen LogP contribution is 2.05. The van der Waals surface area contributed by atoms with E-state index in [0.29, 0.717) is 5.88 Å². The second kappa shape index (κ2) is 6.88. The monoisotopic (exact) mass is 233 g/mol. The van der Waals surface area contributed by atoms with Gasteiger partial charge in [0.05, 0.1) is 6.20 Å². The Hall–Kier alpha value is -1.50. The number of H-pyrrole nitrogens is 1. The van der Waals surface area contributed by atoms with Crippen molar-refractivity contribution in [2.75, 3.05) is 6.61 Å². The molecular formula is C8H9F2N3OS. The molecule has 0 radical (unpaired) electrons. The van der Waals surface area contributed by atoms with E-state index in [9.17, 15) is 8.78 Å². The fourth-order valence-corrected chi connectivity index (χ4v) is 0.965. The molecule has 15 heavy (non-hydrogen) atoms. The molecule has 4 nitrogen and oxygen atoms in total. The third kappa shape index (κ3) is 5.74. The third-order valence-electron chi connectivity index (χ3n) is 1.22. The number of ether oxygens (including phenoxy) is 1. The summed E-state index contributed by atoms with van der Waals surface area (Å²) in [6, 6.07) is 3.27. The number of aromatic nitrogens is 3. The number of hydrogen-bond donors (Lipinski definition) is 1. The summed E-state index contributed by atoms with van der Waals surface area (Å²) in [5.41, 5.74) is 0. The Labute approximate surface area is 89.1 Å². The highest BCUT2D eigenvalue weighted by Gasteiger charge is 2.02. The zero-order valence-corrected chi connectivity index (χ0v) is 8.45. The lowest BCUT2D eigenvalue weighted by molar-refractivity contribution is 0.0799. The fourth-order valence-electron chi connectivity index (χ4n) is 0.693. The third-order valence-corrected chi connectivity index (χ3v) is 1.65. The van der Waals surface area contributed by atoms with Crippen LogP contribution in [0.5, 0.6) is 5.88 Å². The molecule has 0 saturated heterocycles. The lowest BCUT2D eigenvalue weighted by atomic mass is 10.6. The Balaban J connectivity index is 0.000000187. The summed E-state index contributed by atoms with van der Waals surface area (Å²) in [7, 11) is 0. The molecule has 7 heteroatoms. The van der Waals surface area contributed by atoms with E-state index in [1.807, 2.05) is 5.38 Å². The summed E-state index contributed by atoms with van der Waals surface area (Å²) in [5, 5.41) is 5.31. The first-order chi connectivity index (χ1) is 7.29. The van der Waals surface area contributed by atoms with Crippen molar-refractivity contribution in [2.24, 2.45) is 0 Å². The van der Waals surface area contributed by atoms with Gasteiger partial charge in [-0.05, 0) is 23.7 Å². The Bertz CT molecular complexity index is 308. The zero-order chi connectivity index (χ0) is 10.9. The van der Waals surface area contributed by atoms with E-state index in [4.69, 9.17) is 0 Å². The van der Waals surface area contributed by atoms with Crippen LogP contribution in [0.1, 0.15) is 0 Å². The van der Waals surface area contributed by atoms with Gasteiger partial charge < -0.3 is 9.72 Å². The summed E-state index contributed by atoms with van der Waals surface area (Å²) < 4.78 is 31.1. The first kappa shape index (κ1) is 11.6. The first-order valence-electron chi connectivity index (χ1n) is 4.04. The number of nitrogens with zero attached hydrogens (tertiary/aromatic N) is 2. The zero-order valence-electron chi connectivity index (χ0n) is 7.64. The number of halogens is 2. The lowest BCUT2D eigenvalue weighted by Gasteiger charge is -2.00. The quantitative estimate of drug-likeness (QED) is 0.884. The van der Waals surface area contributed by atoms with Crippen LogP contribution in [0.3, 0.4) is 0 Å². The minimum Gasteiger partial charge on any atom is -0.473 e. The first-order valence-corrected chi connectivity index (χ1v) is 4.88. The minimum absolute atomic E-state index is 0.375. The Morgan fingerprint density at radius 1 is 1.53 bits per heavy atom. The van der Waals surface area contributed by atoms with E-state index in [-0.39, 0.29) is 0 Å². The van der Waals surface area contributed by atoms with Crippen molar-refractivity contribution in [1.82, 2.24) is 14.6 Å². The predicted molar refractivity (Wildman–Crippen MR) is 52.2 cm³/mol. The smallest absolute Gasteiger partial charge is 0.272 e. The van der Waals surface area contributed by atoms with Gasteiger partial charge in [0.25, 0.3) is 6.43 Å². The van der Waals surface area contributed by atoms with E-state index < -0.39 is 13.0 Å². The summed E-state index contributed by atoms with van der Waals surface area (Å²) in [4.78, 5) is 2.64. The molecule has 0 aliphatic rings. The number of rotatable bonds is 3. The van der Waals surface area contributed by atoms with Gasteiger partial charge in [-0.3, -0.25) is 0 Å². The van der Waals surface area contributed by atoms with Crippen LogP contribution in [0, 0.1) is 0 Å². The van der Waals surface area contributed by atoms with Crippen molar-refractivity contribution in [3.8, 4) is 5.88 Å². The maximum absolute atomic E-state index is 11.5. The number of alkyl halides is 2.